The summed E-state index contributed by atoms with van der Waals surface area (Å²) in [7, 11) is 0. The fourth-order valence-electron chi connectivity index (χ4n) is 5.57. The third kappa shape index (κ3) is 6.06. The molecular formula is C33H31IN8O3. The predicted molar refractivity (Wildman–Crippen MR) is 179 cm³/mol. The van der Waals surface area contributed by atoms with Crippen molar-refractivity contribution in [1.82, 2.24) is 34.6 Å². The SMILES string of the molecule is CC(=O)c1nn(CC(=O)N2[C@H](I)[C@@H](C)C[C@H]2C(=O)Nc2nc(-c3ccccn3)ccc2C)c2ccc(-c3cnc(C)nc3)cc12. The Morgan fingerprint density at radius 1 is 0.978 bits per heavy atom. The van der Waals surface area contributed by atoms with E-state index in [0.29, 0.717) is 40.4 Å². The second-order valence-corrected chi connectivity index (χ2v) is 12.6. The first-order chi connectivity index (χ1) is 21.6. The van der Waals surface area contributed by atoms with E-state index in [2.05, 4.69) is 52.9 Å². The zero-order chi connectivity index (χ0) is 31.8. The highest BCUT2D eigenvalue weighted by atomic mass is 127. The minimum Gasteiger partial charge on any atom is -0.317 e. The van der Waals surface area contributed by atoms with Crippen molar-refractivity contribution in [2.75, 3.05) is 5.32 Å². The summed E-state index contributed by atoms with van der Waals surface area (Å²) < 4.78 is 1.34. The summed E-state index contributed by atoms with van der Waals surface area (Å²) in [5.41, 5.74) is 4.71. The van der Waals surface area contributed by atoms with Gasteiger partial charge < -0.3 is 10.2 Å². The van der Waals surface area contributed by atoms with Crippen LogP contribution in [0.15, 0.2) is 67.1 Å². The molecule has 1 fully saturated rings. The van der Waals surface area contributed by atoms with Gasteiger partial charge in [0.25, 0.3) is 0 Å². The standard InChI is InChI=1S/C33H31IN8O3/c1-18-8-10-26(25-7-5-6-12-35-25)38-32(18)39-33(45)28-13-19(2)31(34)42(28)29(44)17-41-27-11-9-22(23-15-36-21(4)37-16-23)14-24(27)30(40-41)20(3)43/h5-12,14-16,19,28,31H,13,17H2,1-4H3,(H,38,39,45)/t19-,28-,31-/m0/s1. The van der Waals surface area contributed by atoms with E-state index in [9.17, 15) is 14.4 Å². The number of hydrogen-bond acceptors (Lipinski definition) is 8. The van der Waals surface area contributed by atoms with E-state index < -0.39 is 6.04 Å². The maximum atomic E-state index is 13.9. The maximum Gasteiger partial charge on any atom is 0.248 e. The largest absolute Gasteiger partial charge is 0.317 e. The van der Waals surface area contributed by atoms with Crippen molar-refractivity contribution >= 4 is 56.9 Å². The summed E-state index contributed by atoms with van der Waals surface area (Å²) in [5, 5.41) is 8.16. The smallest absolute Gasteiger partial charge is 0.248 e. The molecule has 2 amide bonds. The Balaban J connectivity index is 1.27. The van der Waals surface area contributed by atoms with E-state index in [1.165, 1.54) is 6.92 Å². The summed E-state index contributed by atoms with van der Waals surface area (Å²) >= 11 is 2.23. The molecule has 4 aromatic heterocycles. The number of alkyl halides is 1. The third-order valence-electron chi connectivity index (χ3n) is 8.01. The van der Waals surface area contributed by atoms with Crippen LogP contribution < -0.4 is 5.32 Å². The van der Waals surface area contributed by atoms with Crippen LogP contribution in [-0.4, -0.2) is 62.3 Å². The molecule has 0 aliphatic carbocycles. The lowest BCUT2D eigenvalue weighted by Gasteiger charge is -2.27. The van der Waals surface area contributed by atoms with Crippen molar-refractivity contribution in [2.24, 2.45) is 5.92 Å². The fourth-order valence-corrected chi connectivity index (χ4v) is 6.56. The molecule has 0 unspecified atom stereocenters. The molecule has 45 heavy (non-hydrogen) atoms. The number of Topliss-reactive ketones (excluding diaryl/α,β-unsaturated/α-hetero) is 1. The second-order valence-electron chi connectivity index (χ2n) is 11.3. The number of pyridine rings is 2. The Morgan fingerprint density at radius 3 is 2.47 bits per heavy atom. The summed E-state index contributed by atoms with van der Waals surface area (Å²) in [4.78, 5) is 59.5. The van der Waals surface area contributed by atoms with Gasteiger partial charge in [-0.05, 0) is 67.6 Å². The Kier molecular flexibility index (Phi) is 8.40. The van der Waals surface area contributed by atoms with Crippen LogP contribution in [0.3, 0.4) is 0 Å². The highest BCUT2D eigenvalue weighted by Crippen LogP contribution is 2.35. The van der Waals surface area contributed by atoms with Gasteiger partial charge in [-0.25, -0.2) is 15.0 Å². The van der Waals surface area contributed by atoms with Crippen LogP contribution in [0.2, 0.25) is 0 Å². The lowest BCUT2D eigenvalue weighted by atomic mass is 10.0. The van der Waals surface area contributed by atoms with Crippen molar-refractivity contribution in [3.05, 3.63) is 84.2 Å². The lowest BCUT2D eigenvalue weighted by molar-refractivity contribution is -0.137. The third-order valence-corrected chi connectivity index (χ3v) is 9.83. The first-order valence-electron chi connectivity index (χ1n) is 14.6. The van der Waals surface area contributed by atoms with Gasteiger partial charge in [0.1, 0.15) is 29.9 Å². The van der Waals surface area contributed by atoms with Gasteiger partial charge >= 0.3 is 0 Å². The van der Waals surface area contributed by atoms with Crippen LogP contribution in [0.25, 0.3) is 33.4 Å². The van der Waals surface area contributed by atoms with E-state index in [1.807, 2.05) is 69.3 Å². The number of rotatable bonds is 7. The van der Waals surface area contributed by atoms with Crippen molar-refractivity contribution in [2.45, 2.75) is 50.8 Å². The molecule has 1 N–H and O–H groups in total. The minimum absolute atomic E-state index is 0.0839. The zero-order valence-electron chi connectivity index (χ0n) is 25.2. The van der Waals surface area contributed by atoms with Crippen molar-refractivity contribution < 1.29 is 14.4 Å². The van der Waals surface area contributed by atoms with Gasteiger partial charge in [0.05, 0.1) is 21.0 Å². The molecule has 5 aromatic rings. The number of aryl methyl sites for hydroxylation is 2. The number of benzene rings is 1. The summed E-state index contributed by atoms with van der Waals surface area (Å²) in [6.45, 7) is 7.05. The number of halogens is 1. The highest BCUT2D eigenvalue weighted by Gasteiger charge is 2.44. The van der Waals surface area contributed by atoms with E-state index >= 15 is 0 Å². The Labute approximate surface area is 273 Å². The Morgan fingerprint density at radius 2 is 1.76 bits per heavy atom. The average Bonchev–Trinajstić information content (AvgIpc) is 3.55. The van der Waals surface area contributed by atoms with Crippen LogP contribution >= 0.6 is 22.6 Å². The van der Waals surface area contributed by atoms with Gasteiger partial charge in [0.15, 0.2) is 5.78 Å². The van der Waals surface area contributed by atoms with E-state index in [-0.39, 0.29) is 39.8 Å². The molecule has 11 nitrogen and oxygen atoms in total. The molecule has 5 heterocycles. The van der Waals surface area contributed by atoms with Crippen molar-refractivity contribution in [1.29, 1.82) is 0 Å². The molecule has 0 saturated carbocycles. The van der Waals surface area contributed by atoms with E-state index in [1.54, 1.807) is 28.2 Å². The van der Waals surface area contributed by atoms with Gasteiger partial charge in [-0.3, -0.25) is 24.0 Å². The van der Waals surface area contributed by atoms with E-state index in [0.717, 1.165) is 16.7 Å². The second kappa shape index (κ2) is 12.4. The number of amides is 2. The predicted octanol–water partition coefficient (Wildman–Crippen LogP) is 5.41. The molecule has 1 aliphatic heterocycles. The van der Waals surface area contributed by atoms with Crippen molar-refractivity contribution in [3.8, 4) is 22.5 Å². The van der Waals surface area contributed by atoms with Gasteiger partial charge in [0, 0.05) is 36.5 Å². The zero-order valence-corrected chi connectivity index (χ0v) is 27.4. The van der Waals surface area contributed by atoms with Crippen molar-refractivity contribution in [3.63, 3.8) is 0 Å². The van der Waals surface area contributed by atoms with E-state index in [4.69, 9.17) is 0 Å². The van der Waals surface area contributed by atoms with Crippen LogP contribution in [0.1, 0.15) is 42.1 Å². The molecule has 0 spiro atoms. The number of aromatic nitrogens is 6. The van der Waals surface area contributed by atoms with Gasteiger partial charge in [0.2, 0.25) is 11.8 Å². The number of likely N-dealkylation sites (tertiary alicyclic amines) is 1. The topological polar surface area (TPSA) is 136 Å². The van der Waals surface area contributed by atoms with Gasteiger partial charge in [-0.1, -0.05) is 47.7 Å². The average molecular weight is 715 g/mol. The molecule has 6 rings (SSSR count). The number of fused-ring (bicyclic) bond motifs is 1. The van der Waals surface area contributed by atoms with Gasteiger partial charge in [-0.15, -0.1) is 0 Å². The Bertz CT molecular complexity index is 1930. The van der Waals surface area contributed by atoms with Crippen LogP contribution in [-0.2, 0) is 16.1 Å². The number of carbonyl (C=O) groups is 3. The minimum atomic E-state index is -0.698. The van der Waals surface area contributed by atoms with Crippen LogP contribution in [0.5, 0.6) is 0 Å². The van der Waals surface area contributed by atoms with Gasteiger partial charge in [-0.2, -0.15) is 5.10 Å². The monoisotopic (exact) mass is 714 g/mol. The molecule has 12 heteroatoms. The Hall–Kier alpha value is -4.59. The summed E-state index contributed by atoms with van der Waals surface area (Å²) in [6, 6.07) is 14.2. The first kappa shape index (κ1) is 30.4. The molecule has 1 aromatic carbocycles. The maximum absolute atomic E-state index is 13.9. The molecule has 1 aliphatic rings. The normalized spacial score (nSPS) is 17.9. The van der Waals surface area contributed by atoms with Crippen LogP contribution in [0.4, 0.5) is 5.82 Å². The first-order valence-corrected chi connectivity index (χ1v) is 15.8. The summed E-state index contributed by atoms with van der Waals surface area (Å²) in [6.07, 6.45) is 5.66. The number of nitrogens with one attached hydrogen (secondary N) is 1. The quantitative estimate of drug-likeness (QED) is 0.102. The lowest BCUT2D eigenvalue weighted by Crippen LogP contribution is -2.47. The number of anilines is 1. The number of hydrogen-bond donors (Lipinski definition) is 1. The molecule has 1 saturated heterocycles. The molecule has 228 valence electrons. The molecule has 0 radical (unpaired) electrons. The fraction of sp³-hybridized carbons (Fsp3) is 0.273. The highest BCUT2D eigenvalue weighted by molar-refractivity contribution is 14.1. The molecule has 3 atom stereocenters. The number of ketones is 1. The molecular weight excluding hydrogens is 683 g/mol. The number of nitrogens with zero attached hydrogens (tertiary/aromatic N) is 7. The number of carbonyl (C=O) groups excluding carboxylic acids is 3. The van der Waals surface area contributed by atoms with Crippen LogP contribution in [0, 0.1) is 19.8 Å². The molecule has 0 bridgehead atoms. The summed E-state index contributed by atoms with van der Waals surface area (Å²) in [5.74, 6) is 0.402.